The molecule has 1 amide bonds. The molecule has 0 aliphatic carbocycles. The Labute approximate surface area is 106 Å². The zero-order valence-electron chi connectivity index (χ0n) is 10.7. The molecule has 0 bridgehead atoms. The van der Waals surface area contributed by atoms with Gasteiger partial charge >= 0.3 is 0 Å². The zero-order valence-corrected chi connectivity index (χ0v) is 10.7. The number of nitrogens with two attached hydrogens (primary N) is 2. The number of rotatable bonds is 4. The van der Waals surface area contributed by atoms with Crippen LogP contribution in [0.3, 0.4) is 0 Å². The molecular formula is C13H18N4O. The molecule has 1 heterocycles. The largest absolute Gasteiger partial charge is 0.368 e. The number of primary amides is 1. The smallest absolute Gasteiger partial charge is 0.234 e. The second kappa shape index (κ2) is 4.78. The van der Waals surface area contributed by atoms with Gasteiger partial charge in [0.15, 0.2) is 0 Å². The highest BCUT2D eigenvalue weighted by Crippen LogP contribution is 2.23. The van der Waals surface area contributed by atoms with Crippen LogP contribution in [-0.2, 0) is 17.6 Å². The Hall–Kier alpha value is -1.88. The maximum atomic E-state index is 11.0. The van der Waals surface area contributed by atoms with Gasteiger partial charge in [0.1, 0.15) is 0 Å². The van der Waals surface area contributed by atoms with Crippen LogP contribution in [0.5, 0.6) is 0 Å². The van der Waals surface area contributed by atoms with E-state index in [0.717, 1.165) is 34.1 Å². The molecule has 0 saturated carbocycles. The average molecular weight is 246 g/mol. The van der Waals surface area contributed by atoms with Gasteiger partial charge in [-0.3, -0.25) is 9.89 Å². The monoisotopic (exact) mass is 246 g/mol. The van der Waals surface area contributed by atoms with Gasteiger partial charge in [0.2, 0.25) is 5.91 Å². The number of nitrogens with one attached hydrogen (secondary N) is 1. The Morgan fingerprint density at radius 2 is 2.22 bits per heavy atom. The van der Waals surface area contributed by atoms with Crippen molar-refractivity contribution in [2.45, 2.75) is 32.7 Å². The van der Waals surface area contributed by atoms with Crippen molar-refractivity contribution in [2.24, 2.45) is 11.5 Å². The molecule has 0 radical (unpaired) electrons. The van der Waals surface area contributed by atoms with Crippen molar-refractivity contribution in [3.63, 3.8) is 0 Å². The third-order valence-electron chi connectivity index (χ3n) is 3.19. The fourth-order valence-electron chi connectivity index (χ4n) is 2.12. The quantitative estimate of drug-likeness (QED) is 0.743. The van der Waals surface area contributed by atoms with E-state index in [-0.39, 0.29) is 0 Å². The first-order valence-corrected chi connectivity index (χ1v) is 6.04. The third kappa shape index (κ3) is 2.22. The number of nitrogens with zero attached hydrogens (tertiary/aromatic N) is 1. The van der Waals surface area contributed by atoms with Gasteiger partial charge in [-0.15, -0.1) is 0 Å². The summed E-state index contributed by atoms with van der Waals surface area (Å²) in [7, 11) is 0. The lowest BCUT2D eigenvalue weighted by Crippen LogP contribution is -2.38. The molecule has 1 aromatic carbocycles. The lowest BCUT2D eigenvalue weighted by atomic mass is 9.99. The van der Waals surface area contributed by atoms with E-state index in [9.17, 15) is 4.79 Å². The van der Waals surface area contributed by atoms with E-state index in [1.54, 1.807) is 0 Å². The van der Waals surface area contributed by atoms with Gasteiger partial charge in [-0.2, -0.15) is 5.10 Å². The minimum Gasteiger partial charge on any atom is -0.368 e. The standard InChI is InChI=1S/C13H18N4O/c1-3-9-4-8(6-11(14)13(15)18)5-10-7(2)16-17-12(9)10/h4-5,11H,3,6,14H2,1-2H3,(H2,15,18)(H,16,17). The molecule has 1 unspecified atom stereocenters. The van der Waals surface area contributed by atoms with Gasteiger partial charge in [0.25, 0.3) is 0 Å². The molecule has 0 saturated heterocycles. The number of aromatic amines is 1. The van der Waals surface area contributed by atoms with Crippen molar-refractivity contribution in [2.75, 3.05) is 0 Å². The van der Waals surface area contributed by atoms with Crippen LogP contribution in [0.2, 0.25) is 0 Å². The summed E-state index contributed by atoms with van der Waals surface area (Å²) in [6.45, 7) is 4.06. The van der Waals surface area contributed by atoms with E-state index in [2.05, 4.69) is 17.1 Å². The van der Waals surface area contributed by atoms with Crippen LogP contribution in [-0.4, -0.2) is 22.1 Å². The second-order valence-corrected chi connectivity index (χ2v) is 4.57. The molecule has 18 heavy (non-hydrogen) atoms. The van der Waals surface area contributed by atoms with Crippen molar-refractivity contribution in [3.05, 3.63) is 29.0 Å². The summed E-state index contributed by atoms with van der Waals surface area (Å²) in [6, 6.07) is 3.43. The minimum absolute atomic E-state index is 0.461. The van der Waals surface area contributed by atoms with Crippen molar-refractivity contribution in [3.8, 4) is 0 Å². The molecule has 1 atom stereocenters. The molecule has 2 rings (SSSR count). The lowest BCUT2D eigenvalue weighted by molar-refractivity contribution is -0.119. The number of fused-ring (bicyclic) bond motifs is 1. The van der Waals surface area contributed by atoms with Crippen molar-refractivity contribution >= 4 is 16.8 Å². The Morgan fingerprint density at radius 3 is 2.83 bits per heavy atom. The number of amides is 1. The highest BCUT2D eigenvalue weighted by molar-refractivity contribution is 5.85. The normalized spacial score (nSPS) is 12.8. The molecule has 0 fully saturated rings. The SMILES string of the molecule is CCc1cc(CC(N)C(N)=O)cc2c(C)[nH]nc12. The molecular weight excluding hydrogens is 228 g/mol. The number of hydrogen-bond donors (Lipinski definition) is 3. The first-order chi connectivity index (χ1) is 8.52. The van der Waals surface area contributed by atoms with Gasteiger partial charge in [0, 0.05) is 11.1 Å². The molecule has 0 aliphatic rings. The summed E-state index contributed by atoms with van der Waals surface area (Å²) in [5.74, 6) is -0.475. The Kier molecular flexibility index (Phi) is 3.34. The molecule has 1 aromatic heterocycles. The maximum Gasteiger partial charge on any atom is 0.234 e. The minimum atomic E-state index is -0.639. The first-order valence-electron chi connectivity index (χ1n) is 6.04. The van der Waals surface area contributed by atoms with Crippen molar-refractivity contribution < 1.29 is 4.79 Å². The highest BCUT2D eigenvalue weighted by atomic mass is 16.1. The highest BCUT2D eigenvalue weighted by Gasteiger charge is 2.13. The molecule has 5 heteroatoms. The van der Waals surface area contributed by atoms with E-state index in [0.29, 0.717) is 6.42 Å². The number of carbonyl (C=O) groups excluding carboxylic acids is 1. The zero-order chi connectivity index (χ0) is 13.3. The van der Waals surface area contributed by atoms with Crippen molar-refractivity contribution in [1.82, 2.24) is 10.2 Å². The number of aryl methyl sites for hydroxylation is 2. The Morgan fingerprint density at radius 1 is 1.50 bits per heavy atom. The summed E-state index contributed by atoms with van der Waals surface area (Å²) in [5.41, 5.74) is 15.1. The molecule has 96 valence electrons. The molecule has 5 nitrogen and oxygen atoms in total. The lowest BCUT2D eigenvalue weighted by Gasteiger charge is -2.09. The predicted molar refractivity (Wildman–Crippen MR) is 71.1 cm³/mol. The topological polar surface area (TPSA) is 97.8 Å². The molecule has 0 aliphatic heterocycles. The summed E-state index contributed by atoms with van der Waals surface area (Å²) in [5, 5.41) is 8.36. The van der Waals surface area contributed by atoms with Crippen LogP contribution >= 0.6 is 0 Å². The summed E-state index contributed by atoms with van der Waals surface area (Å²) in [4.78, 5) is 11.0. The van der Waals surface area contributed by atoms with E-state index in [1.807, 2.05) is 19.1 Å². The van der Waals surface area contributed by atoms with E-state index < -0.39 is 11.9 Å². The van der Waals surface area contributed by atoms with Crippen LogP contribution in [0.1, 0.15) is 23.7 Å². The van der Waals surface area contributed by atoms with Crippen molar-refractivity contribution in [1.29, 1.82) is 0 Å². The van der Waals surface area contributed by atoms with Gasteiger partial charge in [-0.25, -0.2) is 0 Å². The number of benzene rings is 1. The van der Waals surface area contributed by atoms with E-state index in [4.69, 9.17) is 11.5 Å². The van der Waals surface area contributed by atoms with Gasteiger partial charge in [-0.05, 0) is 37.0 Å². The van der Waals surface area contributed by atoms with Crippen LogP contribution in [0, 0.1) is 6.92 Å². The molecule has 0 spiro atoms. The second-order valence-electron chi connectivity index (χ2n) is 4.57. The van der Waals surface area contributed by atoms with E-state index in [1.165, 1.54) is 0 Å². The van der Waals surface area contributed by atoms with E-state index >= 15 is 0 Å². The number of H-pyrrole nitrogens is 1. The summed E-state index contributed by atoms with van der Waals surface area (Å²) < 4.78 is 0. The first kappa shape index (κ1) is 12.6. The number of aromatic nitrogens is 2. The van der Waals surface area contributed by atoms with Crippen LogP contribution in [0.25, 0.3) is 10.9 Å². The van der Waals surface area contributed by atoms with Crippen LogP contribution in [0.15, 0.2) is 12.1 Å². The Balaban J connectivity index is 2.45. The fourth-order valence-corrected chi connectivity index (χ4v) is 2.12. The van der Waals surface area contributed by atoms with Gasteiger partial charge < -0.3 is 11.5 Å². The average Bonchev–Trinajstić information content (AvgIpc) is 2.70. The predicted octanol–water partition coefficient (Wildman–Crippen LogP) is 0.789. The maximum absolute atomic E-state index is 11.0. The number of carbonyl (C=O) groups is 1. The van der Waals surface area contributed by atoms with Crippen LogP contribution < -0.4 is 11.5 Å². The molecule has 2 aromatic rings. The molecule has 5 N–H and O–H groups in total. The van der Waals surface area contributed by atoms with Gasteiger partial charge in [0.05, 0.1) is 11.6 Å². The summed E-state index contributed by atoms with van der Waals surface area (Å²) >= 11 is 0. The number of hydrogen-bond acceptors (Lipinski definition) is 3. The third-order valence-corrected chi connectivity index (χ3v) is 3.19. The fraction of sp³-hybridized carbons (Fsp3) is 0.385. The summed E-state index contributed by atoms with van der Waals surface area (Å²) in [6.07, 6.45) is 1.35. The van der Waals surface area contributed by atoms with Gasteiger partial charge in [-0.1, -0.05) is 13.0 Å². The van der Waals surface area contributed by atoms with Crippen LogP contribution in [0.4, 0.5) is 0 Å². The Bertz CT molecular complexity index is 588.